The maximum absolute atomic E-state index is 10.4. The smallest absolute Gasteiger partial charge is 0.220 e. The first-order valence-electron chi connectivity index (χ1n) is 3.85. The third kappa shape index (κ3) is 5.60. The van der Waals surface area contributed by atoms with Crippen molar-refractivity contribution in [3.05, 3.63) is 0 Å². The molecule has 0 saturated heterocycles. The second-order valence-corrected chi connectivity index (χ2v) is 2.44. The number of primary amides is 1. The van der Waals surface area contributed by atoms with Crippen molar-refractivity contribution in [3.63, 3.8) is 0 Å². The first-order chi connectivity index (χ1) is 4.55. The van der Waals surface area contributed by atoms with Crippen molar-refractivity contribution < 1.29 is 6.22 Å². The highest BCUT2D eigenvalue weighted by Gasteiger charge is 2.11. The SMILES string of the molecule is CC.CC(C)[C@H](C)C(N)=O.[HH]. The summed E-state index contributed by atoms with van der Waals surface area (Å²) in [5.74, 6) is 0.169. The van der Waals surface area contributed by atoms with E-state index >= 15 is 0 Å². The highest BCUT2D eigenvalue weighted by molar-refractivity contribution is 5.76. The van der Waals surface area contributed by atoms with Gasteiger partial charge in [0.1, 0.15) is 0 Å². The van der Waals surface area contributed by atoms with Gasteiger partial charge in [0.15, 0.2) is 0 Å². The molecule has 10 heavy (non-hydrogen) atoms. The summed E-state index contributed by atoms with van der Waals surface area (Å²) in [5.41, 5.74) is 5.00. The van der Waals surface area contributed by atoms with E-state index in [1.807, 2.05) is 34.6 Å². The number of rotatable bonds is 2. The highest BCUT2D eigenvalue weighted by atomic mass is 16.1. The maximum Gasteiger partial charge on any atom is 0.220 e. The number of hydrogen-bond acceptors (Lipinski definition) is 1. The molecule has 0 heterocycles. The van der Waals surface area contributed by atoms with Crippen molar-refractivity contribution in [1.82, 2.24) is 0 Å². The van der Waals surface area contributed by atoms with Gasteiger partial charge in [-0.2, -0.15) is 0 Å². The number of hydrogen-bond donors (Lipinski definition) is 1. The highest BCUT2D eigenvalue weighted by Crippen LogP contribution is 2.06. The minimum absolute atomic E-state index is 0. The van der Waals surface area contributed by atoms with Gasteiger partial charge in [-0.25, -0.2) is 0 Å². The molecule has 0 spiro atoms. The second-order valence-electron chi connectivity index (χ2n) is 2.44. The Morgan fingerprint density at radius 3 is 1.60 bits per heavy atom. The van der Waals surface area contributed by atoms with E-state index in [1.54, 1.807) is 0 Å². The van der Waals surface area contributed by atoms with Crippen LogP contribution in [-0.2, 0) is 4.79 Å². The lowest BCUT2D eigenvalue weighted by molar-refractivity contribution is -0.122. The number of carbonyl (C=O) groups is 1. The van der Waals surface area contributed by atoms with Crippen LogP contribution in [0.15, 0.2) is 0 Å². The summed E-state index contributed by atoms with van der Waals surface area (Å²) in [6.07, 6.45) is 0. The molecule has 0 aromatic rings. The van der Waals surface area contributed by atoms with E-state index in [4.69, 9.17) is 5.73 Å². The zero-order valence-corrected chi connectivity index (χ0v) is 7.64. The van der Waals surface area contributed by atoms with Crippen LogP contribution in [0.2, 0.25) is 0 Å². The molecule has 2 nitrogen and oxygen atoms in total. The fourth-order valence-corrected chi connectivity index (χ4v) is 0.329. The van der Waals surface area contributed by atoms with Gasteiger partial charge in [0, 0.05) is 7.34 Å². The molecule has 0 unspecified atom stereocenters. The van der Waals surface area contributed by atoms with Crippen LogP contribution in [0.1, 0.15) is 36.0 Å². The summed E-state index contributed by atoms with van der Waals surface area (Å²) < 4.78 is 0. The van der Waals surface area contributed by atoms with Crippen molar-refractivity contribution >= 4 is 5.91 Å². The molecule has 0 rings (SSSR count). The summed E-state index contributed by atoms with van der Waals surface area (Å²) in [4.78, 5) is 10.4. The van der Waals surface area contributed by atoms with Crippen LogP contribution in [0, 0.1) is 11.8 Å². The lowest BCUT2D eigenvalue weighted by atomic mass is 9.98. The first-order valence-corrected chi connectivity index (χ1v) is 3.85. The molecule has 0 fully saturated rings. The average molecular weight is 147 g/mol. The van der Waals surface area contributed by atoms with Crippen LogP contribution in [0.5, 0.6) is 0 Å². The van der Waals surface area contributed by atoms with E-state index in [0.29, 0.717) is 5.92 Å². The second kappa shape index (κ2) is 6.59. The van der Waals surface area contributed by atoms with Gasteiger partial charge in [-0.15, -0.1) is 0 Å². The van der Waals surface area contributed by atoms with E-state index < -0.39 is 0 Å². The molecule has 64 valence electrons. The molecule has 2 N–H and O–H groups in total. The number of amides is 1. The maximum atomic E-state index is 10.4. The van der Waals surface area contributed by atoms with Crippen molar-refractivity contribution in [2.24, 2.45) is 17.6 Å². The lowest BCUT2D eigenvalue weighted by Crippen LogP contribution is -2.24. The van der Waals surface area contributed by atoms with Gasteiger partial charge in [-0.05, 0) is 5.92 Å². The summed E-state index contributed by atoms with van der Waals surface area (Å²) in [6.45, 7) is 9.80. The minimum atomic E-state index is -0.208. The Bertz CT molecular complexity index is 94.1. The molecule has 0 aliphatic rings. The van der Waals surface area contributed by atoms with Gasteiger partial charge in [-0.1, -0.05) is 34.6 Å². The standard InChI is InChI=1S/C6H13NO.C2H6.H2/c1-4(2)5(3)6(7)8;1-2;/h4-5H,1-3H3,(H2,7,8);1-2H3;1H/t5-;;/m0../s1. The van der Waals surface area contributed by atoms with E-state index in [2.05, 4.69) is 0 Å². The molecule has 0 aromatic heterocycles. The third-order valence-electron chi connectivity index (χ3n) is 1.45. The Morgan fingerprint density at radius 1 is 1.30 bits per heavy atom. The molecule has 0 aromatic carbocycles. The molecule has 0 radical (unpaired) electrons. The van der Waals surface area contributed by atoms with Gasteiger partial charge in [0.2, 0.25) is 5.91 Å². The van der Waals surface area contributed by atoms with Crippen LogP contribution in [-0.4, -0.2) is 5.91 Å². The van der Waals surface area contributed by atoms with Crippen LogP contribution in [0.3, 0.4) is 0 Å². The molecule has 1 atom stereocenters. The van der Waals surface area contributed by atoms with Crippen LogP contribution in [0.4, 0.5) is 0 Å². The summed E-state index contributed by atoms with van der Waals surface area (Å²) in [5, 5.41) is 0. The van der Waals surface area contributed by atoms with Crippen LogP contribution < -0.4 is 5.73 Å². The van der Waals surface area contributed by atoms with Gasteiger partial charge in [0.05, 0.1) is 0 Å². The first kappa shape index (κ1) is 12.2. The van der Waals surface area contributed by atoms with Crippen molar-refractivity contribution in [3.8, 4) is 0 Å². The van der Waals surface area contributed by atoms with E-state index in [0.717, 1.165) is 0 Å². The quantitative estimate of drug-likeness (QED) is 0.638. The molecular formula is C8H21NO. The molecular weight excluding hydrogens is 126 g/mol. The van der Waals surface area contributed by atoms with Crippen LogP contribution in [0.25, 0.3) is 0 Å². The normalized spacial score (nSPS) is 11.8. The predicted molar refractivity (Wildman–Crippen MR) is 46.7 cm³/mol. The largest absolute Gasteiger partial charge is 0.369 e. The molecule has 0 aliphatic carbocycles. The van der Waals surface area contributed by atoms with Gasteiger partial charge < -0.3 is 5.73 Å². The molecule has 0 bridgehead atoms. The Morgan fingerprint density at radius 2 is 1.60 bits per heavy atom. The number of nitrogens with two attached hydrogens (primary N) is 1. The van der Waals surface area contributed by atoms with E-state index in [1.165, 1.54) is 0 Å². The Labute approximate surface area is 65.3 Å². The van der Waals surface area contributed by atoms with Crippen molar-refractivity contribution in [2.75, 3.05) is 0 Å². The Balaban J connectivity index is -0.000000196. The monoisotopic (exact) mass is 147 g/mol. The summed E-state index contributed by atoms with van der Waals surface area (Å²) >= 11 is 0. The van der Waals surface area contributed by atoms with Gasteiger partial charge in [-0.3, -0.25) is 4.79 Å². The van der Waals surface area contributed by atoms with Crippen molar-refractivity contribution in [1.29, 1.82) is 0 Å². The predicted octanol–water partition coefficient (Wildman–Crippen LogP) is 2.04. The number of carbonyl (C=O) groups excluding carboxylic acids is 1. The zero-order valence-electron chi connectivity index (χ0n) is 7.64. The average Bonchev–Trinajstić information content (AvgIpc) is 1.90. The fourth-order valence-electron chi connectivity index (χ4n) is 0.329. The van der Waals surface area contributed by atoms with Gasteiger partial charge in [0.25, 0.3) is 0 Å². The molecule has 0 saturated carbocycles. The third-order valence-corrected chi connectivity index (χ3v) is 1.45. The minimum Gasteiger partial charge on any atom is -0.369 e. The molecule has 0 aliphatic heterocycles. The Kier molecular flexibility index (Phi) is 8.02. The molecule has 2 heteroatoms. The van der Waals surface area contributed by atoms with E-state index in [9.17, 15) is 4.79 Å². The van der Waals surface area contributed by atoms with E-state index in [-0.39, 0.29) is 13.3 Å². The topological polar surface area (TPSA) is 43.1 Å². The Hall–Kier alpha value is -0.530. The fraction of sp³-hybridized carbons (Fsp3) is 0.875. The lowest BCUT2D eigenvalue weighted by Gasteiger charge is -2.09. The van der Waals surface area contributed by atoms with Gasteiger partial charge >= 0.3 is 0 Å². The molecule has 1 amide bonds. The van der Waals surface area contributed by atoms with Crippen LogP contribution >= 0.6 is 0 Å². The summed E-state index contributed by atoms with van der Waals surface area (Å²) in [6, 6.07) is 0. The van der Waals surface area contributed by atoms with Crippen molar-refractivity contribution in [2.45, 2.75) is 34.6 Å². The zero-order chi connectivity index (χ0) is 8.73. The summed E-state index contributed by atoms with van der Waals surface area (Å²) in [7, 11) is 0.